The van der Waals surface area contributed by atoms with Crippen molar-refractivity contribution in [2.24, 2.45) is 0 Å². The zero-order valence-electron chi connectivity index (χ0n) is 14.4. The number of nitrogens with zero attached hydrogens (tertiary/aromatic N) is 3. The maximum atomic E-state index is 12.4. The highest BCUT2D eigenvalue weighted by Crippen LogP contribution is 2.17. The molecule has 2 heterocycles. The fraction of sp³-hybridized carbons (Fsp3) is 0.444. The van der Waals surface area contributed by atoms with Crippen molar-refractivity contribution >= 4 is 17.5 Å². The maximum absolute atomic E-state index is 12.4. The normalized spacial score (nSPS) is 14.6. The van der Waals surface area contributed by atoms with Crippen molar-refractivity contribution in [2.75, 3.05) is 37.7 Å². The number of aryl methyl sites for hydroxylation is 1. The van der Waals surface area contributed by atoms with Gasteiger partial charge in [0.05, 0.1) is 6.61 Å². The van der Waals surface area contributed by atoms with Gasteiger partial charge in [-0.15, -0.1) is 0 Å². The van der Waals surface area contributed by atoms with E-state index in [2.05, 4.69) is 15.2 Å². The van der Waals surface area contributed by atoms with E-state index in [1.807, 2.05) is 25.1 Å². The molecule has 1 saturated heterocycles. The standard InChI is InChI=1S/C18H23ClN4O2/c1-14-12-17(24)23(18(21-14)22-9-6-20-7-10-22)8-3-11-25-16-5-2-4-15(19)13-16/h2,4-5,12-13,20H,3,6-11H2,1H3. The minimum Gasteiger partial charge on any atom is -0.493 e. The highest BCUT2D eigenvalue weighted by atomic mass is 35.5. The minimum absolute atomic E-state index is 0.0104. The van der Waals surface area contributed by atoms with E-state index in [9.17, 15) is 4.79 Å². The average molecular weight is 363 g/mol. The monoisotopic (exact) mass is 362 g/mol. The van der Waals surface area contributed by atoms with Crippen molar-refractivity contribution in [3.63, 3.8) is 0 Å². The molecule has 0 saturated carbocycles. The van der Waals surface area contributed by atoms with Crippen LogP contribution in [0.4, 0.5) is 5.95 Å². The molecule has 1 aromatic heterocycles. The van der Waals surface area contributed by atoms with Crippen LogP contribution in [0.3, 0.4) is 0 Å². The van der Waals surface area contributed by atoms with E-state index in [-0.39, 0.29) is 5.56 Å². The third-order valence-electron chi connectivity index (χ3n) is 4.11. The Morgan fingerprint density at radius 2 is 2.08 bits per heavy atom. The van der Waals surface area contributed by atoms with Gasteiger partial charge in [0.1, 0.15) is 5.75 Å². The van der Waals surface area contributed by atoms with Gasteiger partial charge in [0, 0.05) is 49.5 Å². The Morgan fingerprint density at radius 1 is 1.28 bits per heavy atom. The van der Waals surface area contributed by atoms with E-state index in [1.165, 1.54) is 0 Å². The van der Waals surface area contributed by atoms with Crippen LogP contribution in [0, 0.1) is 6.92 Å². The van der Waals surface area contributed by atoms with E-state index >= 15 is 0 Å². The lowest BCUT2D eigenvalue weighted by Crippen LogP contribution is -2.46. The molecule has 0 bridgehead atoms. The summed E-state index contributed by atoms with van der Waals surface area (Å²) >= 11 is 5.95. The Hall–Kier alpha value is -2.05. The lowest BCUT2D eigenvalue weighted by molar-refractivity contribution is 0.300. The molecule has 0 atom stereocenters. The van der Waals surface area contributed by atoms with Crippen LogP contribution in [0.2, 0.25) is 5.02 Å². The van der Waals surface area contributed by atoms with E-state index in [1.54, 1.807) is 16.7 Å². The van der Waals surface area contributed by atoms with Crippen molar-refractivity contribution in [3.8, 4) is 5.75 Å². The summed E-state index contributed by atoms with van der Waals surface area (Å²) in [6.07, 6.45) is 0.719. The van der Waals surface area contributed by atoms with Gasteiger partial charge in [-0.05, 0) is 31.5 Å². The van der Waals surface area contributed by atoms with Gasteiger partial charge in [0.15, 0.2) is 0 Å². The molecule has 7 heteroatoms. The largest absolute Gasteiger partial charge is 0.493 e. The Bertz CT molecular complexity index is 772. The summed E-state index contributed by atoms with van der Waals surface area (Å²) in [7, 11) is 0. The van der Waals surface area contributed by atoms with Gasteiger partial charge in [-0.1, -0.05) is 17.7 Å². The van der Waals surface area contributed by atoms with Crippen LogP contribution in [0.25, 0.3) is 0 Å². The minimum atomic E-state index is -0.0104. The van der Waals surface area contributed by atoms with Crippen LogP contribution in [0.1, 0.15) is 12.1 Å². The predicted molar refractivity (Wildman–Crippen MR) is 99.9 cm³/mol. The van der Waals surface area contributed by atoms with Gasteiger partial charge >= 0.3 is 0 Å². The number of benzene rings is 1. The van der Waals surface area contributed by atoms with Gasteiger partial charge in [-0.25, -0.2) is 4.98 Å². The fourth-order valence-electron chi connectivity index (χ4n) is 2.89. The highest BCUT2D eigenvalue weighted by molar-refractivity contribution is 6.30. The second kappa shape index (κ2) is 8.36. The van der Waals surface area contributed by atoms with Crippen LogP contribution in [-0.4, -0.2) is 42.3 Å². The zero-order chi connectivity index (χ0) is 17.6. The molecule has 134 valence electrons. The first-order valence-corrected chi connectivity index (χ1v) is 8.94. The second-order valence-electron chi connectivity index (χ2n) is 6.08. The van der Waals surface area contributed by atoms with Crippen LogP contribution >= 0.6 is 11.6 Å². The van der Waals surface area contributed by atoms with Crippen molar-refractivity contribution in [3.05, 3.63) is 51.4 Å². The fourth-order valence-corrected chi connectivity index (χ4v) is 3.07. The molecule has 0 amide bonds. The van der Waals surface area contributed by atoms with E-state index in [0.29, 0.717) is 18.2 Å². The molecule has 1 N–H and O–H groups in total. The summed E-state index contributed by atoms with van der Waals surface area (Å²) in [5.74, 6) is 1.50. The molecule has 1 aliphatic heterocycles. The van der Waals surface area contributed by atoms with Crippen LogP contribution in [-0.2, 0) is 6.54 Å². The Morgan fingerprint density at radius 3 is 2.84 bits per heavy atom. The van der Waals surface area contributed by atoms with E-state index in [0.717, 1.165) is 50.0 Å². The number of anilines is 1. The molecule has 25 heavy (non-hydrogen) atoms. The topological polar surface area (TPSA) is 59.4 Å². The molecular weight excluding hydrogens is 340 g/mol. The zero-order valence-corrected chi connectivity index (χ0v) is 15.1. The molecule has 0 unspecified atom stereocenters. The lowest BCUT2D eigenvalue weighted by atomic mass is 10.3. The Balaban J connectivity index is 1.66. The lowest BCUT2D eigenvalue weighted by Gasteiger charge is -2.30. The molecule has 2 aromatic rings. The quantitative estimate of drug-likeness (QED) is 0.797. The number of rotatable bonds is 6. The molecule has 0 aliphatic carbocycles. The Kier molecular flexibility index (Phi) is 5.94. The van der Waals surface area contributed by atoms with Gasteiger partial charge in [-0.3, -0.25) is 9.36 Å². The molecule has 0 spiro atoms. The average Bonchev–Trinajstić information content (AvgIpc) is 2.60. The SMILES string of the molecule is Cc1cc(=O)n(CCCOc2cccc(Cl)c2)c(N2CCNCC2)n1. The summed E-state index contributed by atoms with van der Waals surface area (Å²) in [6, 6.07) is 8.91. The summed E-state index contributed by atoms with van der Waals surface area (Å²) in [5.41, 5.74) is 0.744. The summed E-state index contributed by atoms with van der Waals surface area (Å²) in [6.45, 7) is 6.47. The smallest absolute Gasteiger partial charge is 0.255 e. The summed E-state index contributed by atoms with van der Waals surface area (Å²) < 4.78 is 7.46. The first-order chi connectivity index (χ1) is 12.1. The first-order valence-electron chi connectivity index (χ1n) is 8.56. The third-order valence-corrected chi connectivity index (χ3v) is 4.34. The van der Waals surface area contributed by atoms with Crippen LogP contribution < -0.4 is 20.5 Å². The highest BCUT2D eigenvalue weighted by Gasteiger charge is 2.17. The second-order valence-corrected chi connectivity index (χ2v) is 6.52. The molecular formula is C18H23ClN4O2. The Labute approximate surface area is 152 Å². The molecule has 0 radical (unpaired) electrons. The number of halogens is 1. The number of nitrogens with one attached hydrogen (secondary N) is 1. The molecule has 1 aliphatic rings. The number of piperazine rings is 1. The number of aromatic nitrogens is 2. The number of hydrogen-bond donors (Lipinski definition) is 1. The van der Waals surface area contributed by atoms with Crippen molar-refractivity contribution < 1.29 is 4.74 Å². The van der Waals surface area contributed by atoms with Crippen molar-refractivity contribution in [2.45, 2.75) is 19.9 Å². The van der Waals surface area contributed by atoms with Crippen molar-refractivity contribution in [1.29, 1.82) is 0 Å². The first kappa shape index (κ1) is 17.8. The predicted octanol–water partition coefficient (Wildman–Crippen LogP) is 2.08. The van der Waals surface area contributed by atoms with Crippen LogP contribution in [0.15, 0.2) is 35.1 Å². The van der Waals surface area contributed by atoms with Gasteiger partial charge in [0.2, 0.25) is 5.95 Å². The van der Waals surface area contributed by atoms with Gasteiger partial charge in [-0.2, -0.15) is 0 Å². The molecule has 6 nitrogen and oxygen atoms in total. The third kappa shape index (κ3) is 4.74. The molecule has 3 rings (SSSR count). The van der Waals surface area contributed by atoms with Crippen LogP contribution in [0.5, 0.6) is 5.75 Å². The molecule has 1 aromatic carbocycles. The van der Waals surface area contributed by atoms with Crippen molar-refractivity contribution in [1.82, 2.24) is 14.9 Å². The summed E-state index contributed by atoms with van der Waals surface area (Å²) in [4.78, 5) is 19.2. The number of ether oxygens (including phenoxy) is 1. The van der Waals surface area contributed by atoms with E-state index < -0.39 is 0 Å². The van der Waals surface area contributed by atoms with E-state index in [4.69, 9.17) is 16.3 Å². The maximum Gasteiger partial charge on any atom is 0.255 e. The van der Waals surface area contributed by atoms with Gasteiger partial charge < -0.3 is 15.0 Å². The summed E-state index contributed by atoms with van der Waals surface area (Å²) in [5, 5.41) is 3.97. The van der Waals surface area contributed by atoms with Gasteiger partial charge in [0.25, 0.3) is 5.56 Å². The number of hydrogen-bond acceptors (Lipinski definition) is 5. The molecule has 1 fully saturated rings.